The molecule has 16 heavy (non-hydrogen) atoms. The van der Waals surface area contributed by atoms with Crippen LogP contribution in [-0.2, 0) is 0 Å². The van der Waals surface area contributed by atoms with Crippen molar-refractivity contribution in [3.63, 3.8) is 0 Å². The zero-order valence-electron chi connectivity index (χ0n) is 9.58. The van der Waals surface area contributed by atoms with E-state index >= 15 is 0 Å². The Labute approximate surface area is 107 Å². The Morgan fingerprint density at radius 1 is 1.44 bits per heavy atom. The van der Waals surface area contributed by atoms with E-state index in [9.17, 15) is 0 Å². The summed E-state index contributed by atoms with van der Waals surface area (Å²) >= 11 is 7.89. The molecule has 0 radical (unpaired) electrons. The summed E-state index contributed by atoms with van der Waals surface area (Å²) in [6.45, 7) is 1.13. The van der Waals surface area contributed by atoms with E-state index in [1.807, 2.05) is 23.9 Å². The fraction of sp³-hybridized carbons (Fsp3) is 0.538. The Morgan fingerprint density at radius 2 is 2.25 bits per heavy atom. The van der Waals surface area contributed by atoms with Crippen molar-refractivity contribution in [1.29, 1.82) is 0 Å². The highest BCUT2D eigenvalue weighted by Gasteiger charge is 2.29. The van der Waals surface area contributed by atoms with Gasteiger partial charge >= 0.3 is 0 Å². The lowest BCUT2D eigenvalue weighted by molar-refractivity contribution is 0.296. The fourth-order valence-electron chi connectivity index (χ4n) is 2.18. The van der Waals surface area contributed by atoms with Crippen molar-refractivity contribution in [2.24, 2.45) is 0 Å². The van der Waals surface area contributed by atoms with Crippen molar-refractivity contribution >= 4 is 23.4 Å². The normalized spacial score (nSPS) is 24.1. The first-order chi connectivity index (χ1) is 7.79. The minimum atomic E-state index is 0.713. The molecule has 0 spiro atoms. The molecule has 1 aliphatic rings. The van der Waals surface area contributed by atoms with E-state index in [2.05, 4.69) is 23.7 Å². The number of nitrogens with one attached hydrogen (secondary N) is 1. The highest BCUT2D eigenvalue weighted by atomic mass is 35.5. The Balaban J connectivity index is 1.75. The molecule has 88 valence electrons. The van der Waals surface area contributed by atoms with Crippen LogP contribution >= 0.6 is 23.4 Å². The summed E-state index contributed by atoms with van der Waals surface area (Å²) in [5.41, 5.74) is 1.40. The maximum absolute atomic E-state index is 5.99. The Morgan fingerprint density at radius 3 is 2.94 bits per heavy atom. The largest absolute Gasteiger partial charge is 0.313 e. The van der Waals surface area contributed by atoms with E-state index in [1.165, 1.54) is 24.2 Å². The zero-order valence-corrected chi connectivity index (χ0v) is 11.2. The quantitative estimate of drug-likeness (QED) is 0.808. The molecular formula is C13H18ClNS. The molecule has 0 amide bonds. The van der Waals surface area contributed by atoms with Gasteiger partial charge in [-0.3, -0.25) is 0 Å². The SMILES string of the molecule is CSCCNC1CC(c2cccc(Cl)c2)C1. The summed E-state index contributed by atoms with van der Waals surface area (Å²) in [5, 5.41) is 4.44. The standard InChI is InChI=1S/C13H18ClNS/c1-16-6-5-15-13-8-11(9-13)10-3-2-4-12(14)7-10/h2-4,7,11,13,15H,5-6,8-9H2,1H3. The van der Waals surface area contributed by atoms with Crippen molar-refractivity contribution in [3.8, 4) is 0 Å². The molecule has 3 heteroatoms. The van der Waals surface area contributed by atoms with Crippen LogP contribution in [0.4, 0.5) is 0 Å². The van der Waals surface area contributed by atoms with E-state index in [0.29, 0.717) is 5.92 Å². The Bertz CT molecular complexity index is 336. The van der Waals surface area contributed by atoms with Gasteiger partial charge in [-0.15, -0.1) is 0 Å². The van der Waals surface area contributed by atoms with Crippen LogP contribution in [0.15, 0.2) is 24.3 Å². The van der Waals surface area contributed by atoms with E-state index in [-0.39, 0.29) is 0 Å². The molecule has 0 heterocycles. The highest BCUT2D eigenvalue weighted by molar-refractivity contribution is 7.98. The van der Waals surface area contributed by atoms with Crippen molar-refractivity contribution in [1.82, 2.24) is 5.32 Å². The number of hydrogen-bond donors (Lipinski definition) is 1. The first kappa shape index (κ1) is 12.3. The van der Waals surface area contributed by atoms with Crippen LogP contribution in [0.25, 0.3) is 0 Å². The van der Waals surface area contributed by atoms with Gasteiger partial charge in [-0.1, -0.05) is 23.7 Å². The molecule has 1 nitrogen and oxygen atoms in total. The summed E-state index contributed by atoms with van der Waals surface area (Å²) < 4.78 is 0. The van der Waals surface area contributed by atoms with Gasteiger partial charge in [0, 0.05) is 23.4 Å². The molecular weight excluding hydrogens is 238 g/mol. The zero-order chi connectivity index (χ0) is 11.4. The lowest BCUT2D eigenvalue weighted by Gasteiger charge is -2.36. The molecule has 1 aliphatic carbocycles. The number of halogens is 1. The van der Waals surface area contributed by atoms with Gasteiger partial charge in [0.25, 0.3) is 0 Å². The molecule has 2 rings (SSSR count). The molecule has 1 aromatic rings. The Hall–Kier alpha value is -0.180. The Kier molecular flexibility index (Phi) is 4.56. The van der Waals surface area contributed by atoms with Crippen molar-refractivity contribution in [3.05, 3.63) is 34.9 Å². The topological polar surface area (TPSA) is 12.0 Å². The molecule has 0 bridgehead atoms. The molecule has 1 N–H and O–H groups in total. The third-order valence-corrected chi connectivity index (χ3v) is 4.04. The number of rotatable bonds is 5. The van der Waals surface area contributed by atoms with Gasteiger partial charge in [0.15, 0.2) is 0 Å². The minimum Gasteiger partial charge on any atom is -0.313 e. The van der Waals surface area contributed by atoms with Gasteiger partial charge in [0.05, 0.1) is 0 Å². The molecule has 0 atom stereocenters. The van der Waals surface area contributed by atoms with E-state index in [0.717, 1.165) is 17.6 Å². The second-order valence-corrected chi connectivity index (χ2v) is 5.79. The van der Waals surface area contributed by atoms with Crippen molar-refractivity contribution < 1.29 is 0 Å². The fourth-order valence-corrected chi connectivity index (χ4v) is 2.70. The maximum atomic E-state index is 5.99. The average Bonchev–Trinajstić information content (AvgIpc) is 2.21. The summed E-state index contributed by atoms with van der Waals surface area (Å²) in [6.07, 6.45) is 4.67. The van der Waals surface area contributed by atoms with Crippen LogP contribution in [0.5, 0.6) is 0 Å². The molecule has 0 aliphatic heterocycles. The third kappa shape index (κ3) is 3.16. The second kappa shape index (κ2) is 5.95. The average molecular weight is 256 g/mol. The van der Waals surface area contributed by atoms with Crippen LogP contribution in [0.3, 0.4) is 0 Å². The molecule has 0 aromatic heterocycles. The summed E-state index contributed by atoms with van der Waals surface area (Å²) in [5.74, 6) is 1.92. The molecule has 1 aromatic carbocycles. The molecule has 0 saturated heterocycles. The van der Waals surface area contributed by atoms with E-state index in [1.54, 1.807) is 0 Å². The van der Waals surface area contributed by atoms with Crippen molar-refractivity contribution in [2.45, 2.75) is 24.8 Å². The molecule has 0 unspecified atom stereocenters. The molecule has 1 fully saturated rings. The van der Waals surface area contributed by atoms with Gasteiger partial charge in [0.2, 0.25) is 0 Å². The molecule has 1 saturated carbocycles. The highest BCUT2D eigenvalue weighted by Crippen LogP contribution is 2.37. The monoisotopic (exact) mass is 255 g/mol. The van der Waals surface area contributed by atoms with Gasteiger partial charge in [-0.2, -0.15) is 11.8 Å². The number of hydrogen-bond acceptors (Lipinski definition) is 2. The first-order valence-electron chi connectivity index (χ1n) is 5.77. The maximum Gasteiger partial charge on any atom is 0.0408 e. The lowest BCUT2D eigenvalue weighted by atomic mass is 9.76. The van der Waals surface area contributed by atoms with Crippen LogP contribution in [0.1, 0.15) is 24.3 Å². The number of benzene rings is 1. The predicted octanol–water partition coefficient (Wildman–Crippen LogP) is 3.54. The second-order valence-electron chi connectivity index (χ2n) is 4.37. The van der Waals surface area contributed by atoms with Crippen LogP contribution in [0, 0.1) is 0 Å². The smallest absolute Gasteiger partial charge is 0.0408 e. The number of thioether (sulfide) groups is 1. The first-order valence-corrected chi connectivity index (χ1v) is 7.54. The van der Waals surface area contributed by atoms with Crippen LogP contribution in [0.2, 0.25) is 5.02 Å². The lowest BCUT2D eigenvalue weighted by Crippen LogP contribution is -2.41. The summed E-state index contributed by atoms with van der Waals surface area (Å²) in [7, 11) is 0. The summed E-state index contributed by atoms with van der Waals surface area (Å²) in [4.78, 5) is 0. The predicted molar refractivity (Wildman–Crippen MR) is 73.6 cm³/mol. The van der Waals surface area contributed by atoms with E-state index in [4.69, 9.17) is 11.6 Å². The minimum absolute atomic E-state index is 0.713. The third-order valence-electron chi connectivity index (χ3n) is 3.20. The van der Waals surface area contributed by atoms with E-state index < -0.39 is 0 Å². The van der Waals surface area contributed by atoms with Gasteiger partial charge in [0.1, 0.15) is 0 Å². The van der Waals surface area contributed by atoms with Crippen molar-refractivity contribution in [2.75, 3.05) is 18.6 Å². The van der Waals surface area contributed by atoms with Gasteiger partial charge in [-0.25, -0.2) is 0 Å². The van der Waals surface area contributed by atoms with Crippen LogP contribution in [-0.4, -0.2) is 24.6 Å². The summed E-state index contributed by atoms with van der Waals surface area (Å²) in [6, 6.07) is 9.00. The van der Waals surface area contributed by atoms with Crippen LogP contribution < -0.4 is 5.32 Å². The van der Waals surface area contributed by atoms with Gasteiger partial charge < -0.3 is 5.32 Å². The van der Waals surface area contributed by atoms with Gasteiger partial charge in [-0.05, 0) is 42.7 Å².